The van der Waals surface area contributed by atoms with Crippen molar-refractivity contribution in [3.63, 3.8) is 0 Å². The SMILES string of the molecule is CCC1(C)CC1(C)CC. The first-order valence-electron chi connectivity index (χ1n) is 4.08. The smallest absolute Gasteiger partial charge is 0.0269 e. The molecule has 0 aromatic carbocycles. The Labute approximate surface area is 58.7 Å². The molecule has 1 aliphatic carbocycles. The van der Waals surface area contributed by atoms with Crippen molar-refractivity contribution in [3.8, 4) is 0 Å². The van der Waals surface area contributed by atoms with E-state index in [0.29, 0.717) is 10.8 Å². The van der Waals surface area contributed by atoms with Crippen LogP contribution < -0.4 is 0 Å². The molecule has 0 nitrogen and oxygen atoms in total. The lowest BCUT2D eigenvalue weighted by atomic mass is 9.92. The third-order valence-electron chi connectivity index (χ3n) is 3.67. The standard InChI is InChI=1S/C9H18/c1-5-8(3)7-9(8,4)6-2/h5-7H2,1-4H3. The summed E-state index contributed by atoms with van der Waals surface area (Å²) in [6, 6.07) is 0. The van der Waals surface area contributed by atoms with Crippen LogP contribution in [0.4, 0.5) is 0 Å². The van der Waals surface area contributed by atoms with Crippen LogP contribution in [0.3, 0.4) is 0 Å². The van der Waals surface area contributed by atoms with Crippen molar-refractivity contribution >= 4 is 0 Å². The molecule has 9 heavy (non-hydrogen) atoms. The van der Waals surface area contributed by atoms with E-state index in [0.717, 1.165) is 0 Å². The minimum atomic E-state index is 0.696. The van der Waals surface area contributed by atoms with Gasteiger partial charge in [-0.25, -0.2) is 0 Å². The molecule has 0 amide bonds. The van der Waals surface area contributed by atoms with Crippen LogP contribution in [0.15, 0.2) is 0 Å². The largest absolute Gasteiger partial charge is 0.0648 e. The van der Waals surface area contributed by atoms with Gasteiger partial charge in [-0.1, -0.05) is 40.5 Å². The number of rotatable bonds is 2. The molecule has 54 valence electrons. The Morgan fingerprint density at radius 3 is 1.44 bits per heavy atom. The van der Waals surface area contributed by atoms with Crippen molar-refractivity contribution in [2.45, 2.75) is 47.0 Å². The van der Waals surface area contributed by atoms with Crippen molar-refractivity contribution in [3.05, 3.63) is 0 Å². The molecule has 1 aliphatic rings. The third kappa shape index (κ3) is 0.798. The lowest BCUT2D eigenvalue weighted by Crippen LogP contribution is -2.04. The van der Waals surface area contributed by atoms with Crippen LogP contribution >= 0.6 is 0 Å². The molecule has 0 spiro atoms. The zero-order valence-corrected chi connectivity index (χ0v) is 7.12. The maximum absolute atomic E-state index is 2.41. The van der Waals surface area contributed by atoms with E-state index >= 15 is 0 Å². The minimum Gasteiger partial charge on any atom is -0.0648 e. The van der Waals surface area contributed by atoms with Gasteiger partial charge in [0.1, 0.15) is 0 Å². The van der Waals surface area contributed by atoms with Crippen LogP contribution in [0.5, 0.6) is 0 Å². The summed E-state index contributed by atoms with van der Waals surface area (Å²) in [6.07, 6.45) is 4.17. The van der Waals surface area contributed by atoms with Crippen molar-refractivity contribution in [2.75, 3.05) is 0 Å². The van der Waals surface area contributed by atoms with Gasteiger partial charge in [-0.15, -0.1) is 0 Å². The first-order chi connectivity index (χ1) is 4.08. The molecule has 0 aromatic heterocycles. The summed E-state index contributed by atoms with van der Waals surface area (Å²) in [5.74, 6) is 0. The Bertz CT molecular complexity index is 103. The molecule has 2 atom stereocenters. The fourth-order valence-corrected chi connectivity index (χ4v) is 1.92. The van der Waals surface area contributed by atoms with Gasteiger partial charge in [0.15, 0.2) is 0 Å². The van der Waals surface area contributed by atoms with Gasteiger partial charge in [-0.05, 0) is 17.3 Å². The Kier molecular flexibility index (Phi) is 1.38. The van der Waals surface area contributed by atoms with Crippen LogP contribution in [-0.2, 0) is 0 Å². The minimum absolute atomic E-state index is 0.696. The van der Waals surface area contributed by atoms with Gasteiger partial charge in [0.25, 0.3) is 0 Å². The average molecular weight is 126 g/mol. The van der Waals surface area contributed by atoms with E-state index in [1.807, 2.05) is 0 Å². The van der Waals surface area contributed by atoms with Gasteiger partial charge < -0.3 is 0 Å². The summed E-state index contributed by atoms with van der Waals surface area (Å²) in [7, 11) is 0. The molecule has 0 heterocycles. The molecule has 1 saturated carbocycles. The Balaban J connectivity index is 2.54. The van der Waals surface area contributed by atoms with E-state index in [4.69, 9.17) is 0 Å². The molecule has 0 radical (unpaired) electrons. The summed E-state index contributed by atoms with van der Waals surface area (Å²) in [5, 5.41) is 0. The molecule has 2 unspecified atom stereocenters. The highest BCUT2D eigenvalue weighted by atomic mass is 14.6. The second kappa shape index (κ2) is 1.74. The van der Waals surface area contributed by atoms with E-state index in [1.54, 1.807) is 0 Å². The highest BCUT2D eigenvalue weighted by Gasteiger charge is 2.57. The van der Waals surface area contributed by atoms with Gasteiger partial charge in [0.2, 0.25) is 0 Å². The van der Waals surface area contributed by atoms with E-state index in [9.17, 15) is 0 Å². The maximum Gasteiger partial charge on any atom is -0.0269 e. The first-order valence-corrected chi connectivity index (χ1v) is 4.08. The highest BCUT2D eigenvalue weighted by molar-refractivity contribution is 5.07. The van der Waals surface area contributed by atoms with Crippen LogP contribution in [0.25, 0.3) is 0 Å². The Morgan fingerprint density at radius 2 is 1.33 bits per heavy atom. The van der Waals surface area contributed by atoms with Gasteiger partial charge in [-0.3, -0.25) is 0 Å². The molecule has 0 aliphatic heterocycles. The highest BCUT2D eigenvalue weighted by Crippen LogP contribution is 2.67. The topological polar surface area (TPSA) is 0 Å². The van der Waals surface area contributed by atoms with E-state index < -0.39 is 0 Å². The van der Waals surface area contributed by atoms with Crippen molar-refractivity contribution in [1.29, 1.82) is 0 Å². The molecule has 0 aromatic rings. The number of hydrogen-bond donors (Lipinski definition) is 0. The molecule has 0 bridgehead atoms. The number of hydrogen-bond acceptors (Lipinski definition) is 0. The lowest BCUT2D eigenvalue weighted by molar-refractivity contribution is 0.367. The maximum atomic E-state index is 2.41. The fourth-order valence-electron chi connectivity index (χ4n) is 1.92. The zero-order chi connectivity index (χ0) is 7.12. The van der Waals surface area contributed by atoms with E-state index in [1.165, 1.54) is 19.3 Å². The zero-order valence-electron chi connectivity index (χ0n) is 7.12. The van der Waals surface area contributed by atoms with Crippen LogP contribution in [-0.4, -0.2) is 0 Å². The van der Waals surface area contributed by atoms with E-state index in [2.05, 4.69) is 27.7 Å². The molecule has 1 rings (SSSR count). The fraction of sp³-hybridized carbons (Fsp3) is 1.00. The van der Waals surface area contributed by atoms with Gasteiger partial charge >= 0.3 is 0 Å². The van der Waals surface area contributed by atoms with Gasteiger partial charge in [0, 0.05) is 0 Å². The van der Waals surface area contributed by atoms with E-state index in [-0.39, 0.29) is 0 Å². The van der Waals surface area contributed by atoms with Crippen LogP contribution in [0.2, 0.25) is 0 Å². The van der Waals surface area contributed by atoms with Crippen molar-refractivity contribution in [1.82, 2.24) is 0 Å². The normalized spacial score (nSPS) is 49.3. The van der Waals surface area contributed by atoms with Crippen molar-refractivity contribution < 1.29 is 0 Å². The van der Waals surface area contributed by atoms with Gasteiger partial charge in [0.05, 0.1) is 0 Å². The molecule has 0 saturated heterocycles. The molecular weight excluding hydrogens is 108 g/mol. The molecule has 0 heteroatoms. The monoisotopic (exact) mass is 126 g/mol. The Morgan fingerprint density at radius 1 is 1.00 bits per heavy atom. The second-order valence-electron chi connectivity index (χ2n) is 4.01. The van der Waals surface area contributed by atoms with Crippen molar-refractivity contribution in [2.24, 2.45) is 10.8 Å². The van der Waals surface area contributed by atoms with Crippen LogP contribution in [0.1, 0.15) is 47.0 Å². The van der Waals surface area contributed by atoms with Crippen LogP contribution in [0, 0.1) is 10.8 Å². The predicted molar refractivity (Wildman–Crippen MR) is 41.4 cm³/mol. The quantitative estimate of drug-likeness (QED) is 0.533. The Hall–Kier alpha value is 0. The molecule has 0 N–H and O–H groups in total. The molecular formula is C9H18. The summed E-state index contributed by atoms with van der Waals surface area (Å²) >= 11 is 0. The summed E-state index contributed by atoms with van der Waals surface area (Å²) < 4.78 is 0. The average Bonchev–Trinajstić information content (AvgIpc) is 2.39. The van der Waals surface area contributed by atoms with Gasteiger partial charge in [-0.2, -0.15) is 0 Å². The third-order valence-corrected chi connectivity index (χ3v) is 3.67. The summed E-state index contributed by atoms with van der Waals surface area (Å²) in [5.41, 5.74) is 1.39. The first kappa shape index (κ1) is 7.11. The lowest BCUT2D eigenvalue weighted by Gasteiger charge is -2.13. The molecule has 1 fully saturated rings. The summed E-state index contributed by atoms with van der Waals surface area (Å²) in [6.45, 7) is 9.44. The summed E-state index contributed by atoms with van der Waals surface area (Å²) in [4.78, 5) is 0. The predicted octanol–water partition coefficient (Wildman–Crippen LogP) is 3.22. The second-order valence-corrected chi connectivity index (χ2v) is 4.01.